The van der Waals surface area contributed by atoms with E-state index in [0.717, 1.165) is 0 Å². The van der Waals surface area contributed by atoms with Crippen LogP contribution in [-0.2, 0) is 10.0 Å². The van der Waals surface area contributed by atoms with Crippen LogP contribution < -0.4 is 5.43 Å². The summed E-state index contributed by atoms with van der Waals surface area (Å²) >= 11 is 0. The van der Waals surface area contributed by atoms with Crippen LogP contribution in [0.4, 0.5) is 0 Å². The van der Waals surface area contributed by atoms with Gasteiger partial charge in [-0.05, 0) is 0 Å². The molecule has 1 fully saturated rings. The Labute approximate surface area is 111 Å². The monoisotopic (exact) mass is 287 g/mol. The fourth-order valence-electron chi connectivity index (χ4n) is 2.08. The number of hydrogen-bond acceptors (Lipinski definition) is 5. The van der Waals surface area contributed by atoms with Crippen LogP contribution in [0.15, 0.2) is 28.2 Å². The number of aliphatic hydroxyl groups excluding tert-OH is 1. The zero-order valence-electron chi connectivity index (χ0n) is 10.4. The minimum Gasteiger partial charge on any atom is -0.395 e. The molecule has 7 nitrogen and oxygen atoms in total. The van der Waals surface area contributed by atoms with Gasteiger partial charge in [0.1, 0.15) is 4.90 Å². The molecule has 2 N–H and O–H groups in total. The molecule has 0 atom stereocenters. The molecular weight excluding hydrogens is 270 g/mol. The van der Waals surface area contributed by atoms with E-state index in [-0.39, 0.29) is 11.5 Å². The topological polar surface area (TPSA) is 93.7 Å². The van der Waals surface area contributed by atoms with Crippen LogP contribution in [-0.4, -0.2) is 67.0 Å². The van der Waals surface area contributed by atoms with E-state index >= 15 is 0 Å². The Balaban J connectivity index is 2.15. The van der Waals surface area contributed by atoms with Crippen molar-refractivity contribution >= 4 is 10.0 Å². The van der Waals surface area contributed by atoms with E-state index in [9.17, 15) is 13.2 Å². The number of H-pyrrole nitrogens is 1. The number of aromatic amines is 1. The van der Waals surface area contributed by atoms with Crippen LogP contribution in [0.3, 0.4) is 0 Å². The number of pyridine rings is 1. The second-order valence-electron chi connectivity index (χ2n) is 4.34. The molecule has 1 aliphatic heterocycles. The van der Waals surface area contributed by atoms with Crippen LogP contribution >= 0.6 is 0 Å². The smallest absolute Gasteiger partial charge is 0.248 e. The van der Waals surface area contributed by atoms with E-state index in [2.05, 4.69) is 4.98 Å². The average Bonchev–Trinajstić information content (AvgIpc) is 2.40. The first-order valence-corrected chi connectivity index (χ1v) is 7.50. The second kappa shape index (κ2) is 5.83. The third-order valence-electron chi connectivity index (χ3n) is 3.15. The fourth-order valence-corrected chi connectivity index (χ4v) is 3.54. The lowest BCUT2D eigenvalue weighted by Crippen LogP contribution is -2.49. The Morgan fingerprint density at radius 3 is 2.53 bits per heavy atom. The number of rotatable bonds is 4. The first-order valence-electron chi connectivity index (χ1n) is 6.06. The molecule has 1 saturated heterocycles. The van der Waals surface area contributed by atoms with Gasteiger partial charge in [0.05, 0.1) is 6.61 Å². The Hall–Kier alpha value is -1.22. The number of β-amino-alcohol motifs (C(OH)–C–C–N with tert-alkyl or cyclic N) is 1. The van der Waals surface area contributed by atoms with Crippen molar-refractivity contribution in [2.75, 3.05) is 39.3 Å². The maximum atomic E-state index is 12.3. The molecule has 2 rings (SSSR count). The minimum absolute atomic E-state index is 0.0606. The first-order chi connectivity index (χ1) is 9.05. The minimum atomic E-state index is -3.73. The number of hydrogen-bond donors (Lipinski definition) is 2. The molecule has 1 aromatic heterocycles. The molecular formula is C11H17N3O4S. The quantitative estimate of drug-likeness (QED) is 0.716. The van der Waals surface area contributed by atoms with Gasteiger partial charge in [0.15, 0.2) is 0 Å². The van der Waals surface area contributed by atoms with Gasteiger partial charge in [-0.1, -0.05) is 0 Å². The summed E-state index contributed by atoms with van der Waals surface area (Å²) in [6, 6.07) is 1.20. The van der Waals surface area contributed by atoms with E-state index < -0.39 is 15.5 Å². The third-order valence-corrected chi connectivity index (χ3v) is 5.07. The Kier molecular flexibility index (Phi) is 4.35. The SMILES string of the molecule is O=c1cc[nH]cc1S(=O)(=O)N1CCN(CCO)CC1. The molecule has 0 amide bonds. The standard InChI is InChI=1S/C11H17N3O4S/c15-8-7-13-3-5-14(6-4-13)19(17,18)11-9-12-2-1-10(11)16/h1-2,9,15H,3-8H2,(H,12,16). The van der Waals surface area contributed by atoms with Crippen molar-refractivity contribution in [2.24, 2.45) is 0 Å². The highest BCUT2D eigenvalue weighted by molar-refractivity contribution is 7.89. The number of piperazine rings is 1. The van der Waals surface area contributed by atoms with Gasteiger partial charge in [-0.3, -0.25) is 9.69 Å². The molecule has 0 aliphatic carbocycles. The van der Waals surface area contributed by atoms with Gasteiger partial charge in [0.25, 0.3) is 0 Å². The number of nitrogens with one attached hydrogen (secondary N) is 1. The number of aliphatic hydroxyl groups is 1. The largest absolute Gasteiger partial charge is 0.395 e. The van der Waals surface area contributed by atoms with Gasteiger partial charge in [-0.15, -0.1) is 0 Å². The van der Waals surface area contributed by atoms with Crippen molar-refractivity contribution < 1.29 is 13.5 Å². The van der Waals surface area contributed by atoms with Crippen LogP contribution in [0, 0.1) is 0 Å². The molecule has 0 unspecified atom stereocenters. The van der Waals surface area contributed by atoms with Gasteiger partial charge in [0.2, 0.25) is 15.5 Å². The zero-order chi connectivity index (χ0) is 13.9. The second-order valence-corrected chi connectivity index (χ2v) is 6.25. The number of sulfonamides is 1. The molecule has 0 saturated carbocycles. The summed E-state index contributed by atoms with van der Waals surface area (Å²) in [5, 5.41) is 8.84. The lowest BCUT2D eigenvalue weighted by molar-refractivity contribution is 0.151. The van der Waals surface area contributed by atoms with E-state index in [1.165, 1.54) is 22.8 Å². The van der Waals surface area contributed by atoms with Gasteiger partial charge in [-0.2, -0.15) is 4.31 Å². The van der Waals surface area contributed by atoms with Crippen molar-refractivity contribution in [3.8, 4) is 0 Å². The van der Waals surface area contributed by atoms with E-state index in [1.54, 1.807) is 0 Å². The van der Waals surface area contributed by atoms with Crippen molar-refractivity contribution in [1.29, 1.82) is 0 Å². The van der Waals surface area contributed by atoms with E-state index in [1.807, 2.05) is 4.90 Å². The zero-order valence-corrected chi connectivity index (χ0v) is 11.3. The highest BCUT2D eigenvalue weighted by Crippen LogP contribution is 2.13. The maximum absolute atomic E-state index is 12.3. The fraction of sp³-hybridized carbons (Fsp3) is 0.545. The van der Waals surface area contributed by atoms with Gasteiger partial charge < -0.3 is 10.1 Å². The van der Waals surface area contributed by atoms with Crippen LogP contribution in [0.1, 0.15) is 0 Å². The summed E-state index contributed by atoms with van der Waals surface area (Å²) in [5.41, 5.74) is -0.503. The number of aromatic nitrogens is 1. The predicted molar refractivity (Wildman–Crippen MR) is 69.3 cm³/mol. The van der Waals surface area contributed by atoms with E-state index in [4.69, 9.17) is 5.11 Å². The summed E-state index contributed by atoms with van der Waals surface area (Å²) < 4.78 is 25.9. The molecule has 1 aromatic rings. The molecule has 19 heavy (non-hydrogen) atoms. The van der Waals surface area contributed by atoms with Crippen molar-refractivity contribution in [3.63, 3.8) is 0 Å². The molecule has 1 aliphatic rings. The Morgan fingerprint density at radius 2 is 1.95 bits per heavy atom. The van der Waals surface area contributed by atoms with E-state index in [0.29, 0.717) is 32.7 Å². The van der Waals surface area contributed by atoms with Gasteiger partial charge >= 0.3 is 0 Å². The summed E-state index contributed by atoms with van der Waals surface area (Å²) in [5.74, 6) is 0. The summed E-state index contributed by atoms with van der Waals surface area (Å²) in [4.78, 5) is 16.0. The van der Waals surface area contributed by atoms with Gasteiger partial charge in [-0.25, -0.2) is 8.42 Å². The summed E-state index contributed by atoms with van der Waals surface area (Å²) in [7, 11) is -3.73. The first kappa shape index (κ1) is 14.2. The summed E-state index contributed by atoms with van der Waals surface area (Å²) in [6.45, 7) is 2.38. The molecule has 8 heteroatoms. The Morgan fingerprint density at radius 1 is 1.26 bits per heavy atom. The molecule has 0 bridgehead atoms. The third kappa shape index (κ3) is 3.03. The highest BCUT2D eigenvalue weighted by atomic mass is 32.2. The lowest BCUT2D eigenvalue weighted by atomic mass is 10.4. The molecule has 2 heterocycles. The van der Waals surface area contributed by atoms with Crippen molar-refractivity contribution in [3.05, 3.63) is 28.7 Å². The molecule has 0 aromatic carbocycles. The van der Waals surface area contributed by atoms with Crippen molar-refractivity contribution in [1.82, 2.24) is 14.2 Å². The van der Waals surface area contributed by atoms with Crippen LogP contribution in [0.5, 0.6) is 0 Å². The van der Waals surface area contributed by atoms with Crippen LogP contribution in [0.25, 0.3) is 0 Å². The van der Waals surface area contributed by atoms with Crippen molar-refractivity contribution in [2.45, 2.75) is 4.90 Å². The number of nitrogens with zero attached hydrogens (tertiary/aromatic N) is 2. The lowest BCUT2D eigenvalue weighted by Gasteiger charge is -2.33. The molecule has 0 radical (unpaired) electrons. The Bertz CT molecular complexity index is 576. The normalized spacial score (nSPS) is 18.6. The average molecular weight is 287 g/mol. The predicted octanol–water partition coefficient (Wildman–Crippen LogP) is -1.33. The highest BCUT2D eigenvalue weighted by Gasteiger charge is 2.29. The van der Waals surface area contributed by atoms with Gasteiger partial charge in [0, 0.05) is 51.2 Å². The molecule has 0 spiro atoms. The van der Waals surface area contributed by atoms with Crippen LogP contribution in [0.2, 0.25) is 0 Å². The maximum Gasteiger partial charge on any atom is 0.248 e. The molecule has 106 valence electrons. The summed E-state index contributed by atoms with van der Waals surface area (Å²) in [6.07, 6.45) is 2.62.